The number of rotatable bonds is 5. The summed E-state index contributed by atoms with van der Waals surface area (Å²) >= 11 is 0. The molecule has 0 spiro atoms. The fourth-order valence-electron chi connectivity index (χ4n) is 3.78. The third-order valence-electron chi connectivity index (χ3n) is 5.04. The highest BCUT2D eigenvalue weighted by atomic mass is 16.6. The molecular weight excluding hydrogens is 356 g/mol. The summed E-state index contributed by atoms with van der Waals surface area (Å²) in [5.41, 5.74) is -0.747. The minimum atomic E-state index is -0.951. The van der Waals surface area contributed by atoms with Crippen molar-refractivity contribution in [1.82, 2.24) is 10.2 Å². The molecule has 3 N–H and O–H groups in total. The van der Waals surface area contributed by atoms with Gasteiger partial charge >= 0.3 is 12.0 Å². The van der Waals surface area contributed by atoms with Crippen LogP contribution in [0.15, 0.2) is 11.8 Å². The van der Waals surface area contributed by atoms with Gasteiger partial charge in [0.1, 0.15) is 18.9 Å². The van der Waals surface area contributed by atoms with Gasteiger partial charge in [0.25, 0.3) is 0 Å². The summed E-state index contributed by atoms with van der Waals surface area (Å²) in [6.45, 7) is 5.87. The van der Waals surface area contributed by atoms with Gasteiger partial charge in [0.05, 0.1) is 30.3 Å². The molecule has 0 aromatic carbocycles. The Bertz CT molecular complexity index is 635. The Balaban J connectivity index is 1.49. The van der Waals surface area contributed by atoms with Gasteiger partial charge in [-0.25, -0.2) is 4.79 Å². The van der Waals surface area contributed by atoms with Crippen LogP contribution in [-0.4, -0.2) is 76.5 Å². The van der Waals surface area contributed by atoms with Crippen LogP contribution in [0.25, 0.3) is 0 Å². The molecule has 0 bridgehead atoms. The zero-order chi connectivity index (χ0) is 19.8. The van der Waals surface area contributed by atoms with E-state index in [0.717, 1.165) is 5.57 Å². The van der Waals surface area contributed by atoms with Crippen LogP contribution < -0.4 is 5.32 Å². The summed E-state index contributed by atoms with van der Waals surface area (Å²) in [5.74, 6) is -0.485. The molecule has 0 aromatic rings. The topological polar surface area (TPSA) is 118 Å². The summed E-state index contributed by atoms with van der Waals surface area (Å²) < 4.78 is 16.5. The van der Waals surface area contributed by atoms with Crippen molar-refractivity contribution in [2.24, 2.45) is 0 Å². The molecule has 3 rings (SSSR count). The van der Waals surface area contributed by atoms with Crippen molar-refractivity contribution in [3.05, 3.63) is 11.8 Å². The van der Waals surface area contributed by atoms with E-state index in [9.17, 15) is 19.8 Å². The van der Waals surface area contributed by atoms with Gasteiger partial charge in [-0.15, -0.1) is 0 Å². The Morgan fingerprint density at radius 2 is 2.22 bits per heavy atom. The number of hydrogen-bond donors (Lipinski definition) is 3. The van der Waals surface area contributed by atoms with Gasteiger partial charge in [-0.2, -0.15) is 0 Å². The van der Waals surface area contributed by atoms with Crippen molar-refractivity contribution in [2.75, 3.05) is 19.8 Å². The molecular formula is C18H28N2O7. The third-order valence-corrected chi connectivity index (χ3v) is 5.04. The minimum Gasteiger partial charge on any atom is -0.463 e. The fraction of sp³-hybridized carbons (Fsp3) is 0.778. The molecule has 5 atom stereocenters. The van der Waals surface area contributed by atoms with Crippen LogP contribution in [0.5, 0.6) is 0 Å². The quantitative estimate of drug-likeness (QED) is 0.582. The Morgan fingerprint density at radius 1 is 1.48 bits per heavy atom. The van der Waals surface area contributed by atoms with Crippen LogP contribution in [0.4, 0.5) is 4.79 Å². The molecule has 2 fully saturated rings. The Kier molecular flexibility index (Phi) is 5.49. The summed E-state index contributed by atoms with van der Waals surface area (Å²) in [4.78, 5) is 25.5. The second kappa shape index (κ2) is 7.38. The molecule has 9 nitrogen and oxygen atoms in total. The van der Waals surface area contributed by atoms with E-state index in [2.05, 4.69) is 5.32 Å². The number of carbonyl (C=O) groups is 2. The zero-order valence-corrected chi connectivity index (χ0v) is 15.9. The van der Waals surface area contributed by atoms with Crippen LogP contribution in [0.3, 0.4) is 0 Å². The number of aliphatic hydroxyl groups is 2. The number of aliphatic hydroxyl groups excluding tert-OH is 1. The number of hydrogen-bond acceptors (Lipinski definition) is 7. The largest absolute Gasteiger partial charge is 0.463 e. The highest BCUT2D eigenvalue weighted by molar-refractivity contribution is 5.77. The number of esters is 1. The highest BCUT2D eigenvalue weighted by Gasteiger charge is 2.45. The van der Waals surface area contributed by atoms with E-state index < -0.39 is 35.6 Å². The molecule has 0 aliphatic carbocycles. The van der Waals surface area contributed by atoms with Gasteiger partial charge in [-0.05, 0) is 26.3 Å². The smallest absolute Gasteiger partial charge is 0.323 e. The number of nitrogens with one attached hydrogen (secondary N) is 1. The molecule has 2 amide bonds. The van der Waals surface area contributed by atoms with Crippen LogP contribution in [0.2, 0.25) is 0 Å². The SMILES string of the molecule is CC1=CN([C@H]2C[C@H](O)[C@@H](COC(=O)C[C@@]3(C)C[C@@](C)(O)CO3)O2)C(=O)NC1. The summed E-state index contributed by atoms with van der Waals surface area (Å²) in [5, 5.41) is 22.9. The van der Waals surface area contributed by atoms with Crippen molar-refractivity contribution in [3.8, 4) is 0 Å². The van der Waals surface area contributed by atoms with Crippen LogP contribution in [0.1, 0.15) is 40.0 Å². The molecule has 9 heteroatoms. The fourth-order valence-corrected chi connectivity index (χ4v) is 3.78. The highest BCUT2D eigenvalue weighted by Crippen LogP contribution is 2.35. The Hall–Kier alpha value is -1.68. The van der Waals surface area contributed by atoms with Crippen molar-refractivity contribution in [3.63, 3.8) is 0 Å². The molecule has 0 radical (unpaired) electrons. The van der Waals surface area contributed by atoms with E-state index in [1.807, 2.05) is 6.92 Å². The first-order chi connectivity index (χ1) is 12.6. The van der Waals surface area contributed by atoms with Gasteiger partial charge in [0.15, 0.2) is 0 Å². The Labute approximate surface area is 158 Å². The standard InChI is InChI=1S/C18H28N2O7/c1-11-6-19-16(23)20(7-11)14-4-12(21)13(27-14)8-25-15(22)5-18(3)9-17(2,24)10-26-18/h7,12-14,21,24H,4-6,8-10H2,1-3H3,(H,19,23)/t12-,13+,14+,17+,18-/m0/s1. The van der Waals surface area contributed by atoms with Crippen molar-refractivity contribution >= 4 is 12.0 Å². The van der Waals surface area contributed by atoms with Gasteiger partial charge in [0, 0.05) is 25.6 Å². The Morgan fingerprint density at radius 3 is 2.89 bits per heavy atom. The number of nitrogens with zero attached hydrogens (tertiary/aromatic N) is 1. The lowest BCUT2D eigenvalue weighted by molar-refractivity contribution is -0.155. The first-order valence-electron chi connectivity index (χ1n) is 9.16. The molecule has 2 saturated heterocycles. The van der Waals surface area contributed by atoms with E-state index in [0.29, 0.717) is 13.0 Å². The van der Waals surface area contributed by atoms with E-state index in [-0.39, 0.29) is 32.1 Å². The monoisotopic (exact) mass is 384 g/mol. The maximum atomic E-state index is 12.2. The van der Waals surface area contributed by atoms with Gasteiger partial charge < -0.3 is 29.7 Å². The number of ether oxygens (including phenoxy) is 3. The number of amides is 2. The third kappa shape index (κ3) is 4.78. The predicted molar refractivity (Wildman–Crippen MR) is 93.5 cm³/mol. The molecule has 152 valence electrons. The maximum Gasteiger partial charge on any atom is 0.323 e. The average molecular weight is 384 g/mol. The number of urea groups is 1. The molecule has 3 aliphatic heterocycles. The molecule has 0 aromatic heterocycles. The van der Waals surface area contributed by atoms with Gasteiger partial charge in [-0.1, -0.05) is 0 Å². The average Bonchev–Trinajstić information content (AvgIpc) is 3.06. The van der Waals surface area contributed by atoms with Gasteiger partial charge in [-0.3, -0.25) is 9.69 Å². The maximum absolute atomic E-state index is 12.2. The minimum absolute atomic E-state index is 0.00581. The zero-order valence-electron chi connectivity index (χ0n) is 15.9. The van der Waals surface area contributed by atoms with Crippen LogP contribution >= 0.6 is 0 Å². The van der Waals surface area contributed by atoms with Crippen LogP contribution in [0, 0.1) is 0 Å². The normalized spacial score (nSPS) is 39.3. The first-order valence-corrected chi connectivity index (χ1v) is 9.16. The van der Waals surface area contributed by atoms with Crippen LogP contribution in [-0.2, 0) is 19.0 Å². The lowest BCUT2D eigenvalue weighted by Crippen LogP contribution is -2.46. The summed E-state index contributed by atoms with van der Waals surface area (Å²) in [6, 6.07) is -0.284. The lowest BCUT2D eigenvalue weighted by Gasteiger charge is -2.29. The molecule has 0 unspecified atom stereocenters. The molecule has 3 aliphatic rings. The van der Waals surface area contributed by atoms with Crippen molar-refractivity contribution < 1.29 is 34.0 Å². The summed E-state index contributed by atoms with van der Waals surface area (Å²) in [7, 11) is 0. The lowest BCUT2D eigenvalue weighted by atomic mass is 9.91. The van der Waals surface area contributed by atoms with Crippen molar-refractivity contribution in [1.29, 1.82) is 0 Å². The summed E-state index contributed by atoms with van der Waals surface area (Å²) in [6.07, 6.45) is 0.136. The van der Waals surface area contributed by atoms with Crippen molar-refractivity contribution in [2.45, 2.75) is 69.7 Å². The second-order valence-corrected chi connectivity index (χ2v) is 8.25. The van der Waals surface area contributed by atoms with E-state index in [1.165, 1.54) is 4.90 Å². The molecule has 27 heavy (non-hydrogen) atoms. The second-order valence-electron chi connectivity index (χ2n) is 8.25. The van der Waals surface area contributed by atoms with E-state index in [4.69, 9.17) is 14.2 Å². The molecule has 0 saturated carbocycles. The predicted octanol–water partition coefficient (Wildman–Crippen LogP) is 0.255. The molecule has 3 heterocycles. The number of carbonyl (C=O) groups excluding carboxylic acids is 2. The van der Waals surface area contributed by atoms with E-state index >= 15 is 0 Å². The van der Waals surface area contributed by atoms with E-state index in [1.54, 1.807) is 20.0 Å². The van der Waals surface area contributed by atoms with Gasteiger partial charge in [0.2, 0.25) is 0 Å². The first kappa shape index (κ1) is 20.1.